The van der Waals surface area contributed by atoms with Gasteiger partial charge < -0.3 is 9.64 Å². The number of Topliss-reactive ketones (excluding diaryl/α,β-unsaturated/α-hetero) is 1. The fraction of sp³-hybridized carbons (Fsp3) is 0.321. The van der Waals surface area contributed by atoms with E-state index >= 15 is 0 Å². The Morgan fingerprint density at radius 3 is 2.18 bits per heavy atom. The van der Waals surface area contributed by atoms with E-state index in [4.69, 9.17) is 4.74 Å². The number of hydrogen-bond donors (Lipinski definition) is 0. The first kappa shape index (κ1) is 24.2. The van der Waals surface area contributed by atoms with Crippen molar-refractivity contribution in [3.8, 4) is 17.0 Å². The molecule has 3 aromatic rings. The van der Waals surface area contributed by atoms with E-state index in [2.05, 4.69) is 18.8 Å². The number of ketones is 1. The SMILES string of the molecule is CCC(=O)N(CC(C)C)c1ccc(-c2ccc(C(=O)CCc3cccnc3OC)cc2)cc1. The smallest absolute Gasteiger partial charge is 0.226 e. The number of hydrogen-bond acceptors (Lipinski definition) is 4. The number of methoxy groups -OCH3 is 1. The molecule has 0 saturated carbocycles. The molecule has 0 fully saturated rings. The van der Waals surface area contributed by atoms with Gasteiger partial charge in [-0.25, -0.2) is 4.98 Å². The fourth-order valence-corrected chi connectivity index (χ4v) is 3.78. The van der Waals surface area contributed by atoms with Gasteiger partial charge in [-0.05, 0) is 41.7 Å². The molecule has 0 bridgehead atoms. The molecule has 33 heavy (non-hydrogen) atoms. The molecule has 1 amide bonds. The van der Waals surface area contributed by atoms with E-state index in [1.165, 1.54) is 0 Å². The van der Waals surface area contributed by atoms with E-state index in [0.717, 1.165) is 22.4 Å². The first-order valence-electron chi connectivity index (χ1n) is 11.4. The number of aromatic nitrogens is 1. The van der Waals surface area contributed by atoms with Crippen LogP contribution in [0.3, 0.4) is 0 Å². The lowest BCUT2D eigenvalue weighted by Crippen LogP contribution is -2.33. The molecule has 172 valence electrons. The van der Waals surface area contributed by atoms with Crippen molar-refractivity contribution in [1.29, 1.82) is 0 Å². The quantitative estimate of drug-likeness (QED) is 0.361. The molecular formula is C28H32N2O3. The van der Waals surface area contributed by atoms with Gasteiger partial charge in [0.05, 0.1) is 7.11 Å². The van der Waals surface area contributed by atoms with Crippen LogP contribution in [0.4, 0.5) is 5.69 Å². The number of nitrogens with zero attached hydrogens (tertiary/aromatic N) is 2. The Bertz CT molecular complexity index is 1070. The predicted octanol–water partition coefficient (Wildman–Crippen LogP) is 5.97. The van der Waals surface area contributed by atoms with Gasteiger partial charge >= 0.3 is 0 Å². The number of ether oxygens (including phenoxy) is 1. The van der Waals surface area contributed by atoms with Gasteiger partial charge in [0.25, 0.3) is 0 Å². The minimum Gasteiger partial charge on any atom is -0.481 e. The van der Waals surface area contributed by atoms with Crippen LogP contribution in [0.25, 0.3) is 11.1 Å². The third-order valence-corrected chi connectivity index (χ3v) is 5.54. The van der Waals surface area contributed by atoms with Crippen molar-refractivity contribution in [3.05, 3.63) is 78.0 Å². The summed E-state index contributed by atoms with van der Waals surface area (Å²) in [4.78, 5) is 31.1. The summed E-state index contributed by atoms with van der Waals surface area (Å²) in [5.74, 6) is 1.18. The highest BCUT2D eigenvalue weighted by Gasteiger charge is 2.15. The van der Waals surface area contributed by atoms with Gasteiger partial charge in [0.1, 0.15) is 0 Å². The molecule has 0 aliphatic heterocycles. The zero-order valence-electron chi connectivity index (χ0n) is 19.9. The highest BCUT2D eigenvalue weighted by molar-refractivity contribution is 5.96. The molecule has 2 aromatic carbocycles. The lowest BCUT2D eigenvalue weighted by Gasteiger charge is -2.24. The van der Waals surface area contributed by atoms with Crippen LogP contribution in [0.1, 0.15) is 49.5 Å². The van der Waals surface area contributed by atoms with Crippen LogP contribution in [0.2, 0.25) is 0 Å². The third kappa shape index (κ3) is 6.28. The Kier molecular flexibility index (Phi) is 8.36. The molecule has 0 aliphatic rings. The first-order chi connectivity index (χ1) is 15.9. The molecule has 0 unspecified atom stereocenters. The first-order valence-corrected chi connectivity index (χ1v) is 11.4. The number of amides is 1. The summed E-state index contributed by atoms with van der Waals surface area (Å²) in [6.45, 7) is 6.81. The van der Waals surface area contributed by atoms with Crippen LogP contribution >= 0.6 is 0 Å². The van der Waals surface area contributed by atoms with Gasteiger partial charge in [0.15, 0.2) is 5.78 Å². The summed E-state index contributed by atoms with van der Waals surface area (Å²) >= 11 is 0. The molecule has 0 atom stereocenters. The summed E-state index contributed by atoms with van der Waals surface area (Å²) in [5, 5.41) is 0. The average Bonchev–Trinajstić information content (AvgIpc) is 2.85. The summed E-state index contributed by atoms with van der Waals surface area (Å²) < 4.78 is 5.27. The van der Waals surface area contributed by atoms with Crippen LogP contribution in [0.15, 0.2) is 66.9 Å². The second-order valence-electron chi connectivity index (χ2n) is 8.47. The molecule has 0 spiro atoms. The van der Waals surface area contributed by atoms with Crippen molar-refractivity contribution in [1.82, 2.24) is 4.98 Å². The van der Waals surface area contributed by atoms with E-state index in [0.29, 0.717) is 43.2 Å². The third-order valence-electron chi connectivity index (χ3n) is 5.54. The van der Waals surface area contributed by atoms with Gasteiger partial charge in [0, 0.05) is 42.4 Å². The predicted molar refractivity (Wildman–Crippen MR) is 133 cm³/mol. The molecule has 3 rings (SSSR count). The molecular weight excluding hydrogens is 412 g/mol. The van der Waals surface area contributed by atoms with Crippen molar-refractivity contribution >= 4 is 17.4 Å². The lowest BCUT2D eigenvalue weighted by atomic mass is 9.99. The summed E-state index contributed by atoms with van der Waals surface area (Å²) in [6, 6.07) is 19.5. The van der Waals surface area contributed by atoms with Gasteiger partial charge in [-0.3, -0.25) is 9.59 Å². The second kappa shape index (κ2) is 11.4. The zero-order chi connectivity index (χ0) is 23.8. The topological polar surface area (TPSA) is 59.5 Å². The van der Waals surface area contributed by atoms with E-state index < -0.39 is 0 Å². The molecule has 5 nitrogen and oxygen atoms in total. The maximum Gasteiger partial charge on any atom is 0.226 e. The molecule has 5 heteroatoms. The van der Waals surface area contributed by atoms with Crippen LogP contribution in [0.5, 0.6) is 5.88 Å². The molecule has 0 aliphatic carbocycles. The Morgan fingerprint density at radius 2 is 1.61 bits per heavy atom. The number of carbonyl (C=O) groups excluding carboxylic acids is 2. The van der Waals surface area contributed by atoms with Crippen LogP contribution < -0.4 is 9.64 Å². The molecule has 0 N–H and O–H groups in total. The number of benzene rings is 2. The zero-order valence-corrected chi connectivity index (χ0v) is 19.9. The van der Waals surface area contributed by atoms with Crippen LogP contribution in [-0.4, -0.2) is 30.3 Å². The average molecular weight is 445 g/mol. The minimum absolute atomic E-state index is 0.0882. The monoisotopic (exact) mass is 444 g/mol. The largest absolute Gasteiger partial charge is 0.481 e. The normalized spacial score (nSPS) is 10.8. The van der Waals surface area contributed by atoms with Crippen molar-refractivity contribution in [3.63, 3.8) is 0 Å². The van der Waals surface area contributed by atoms with Gasteiger partial charge in [-0.2, -0.15) is 0 Å². The Morgan fingerprint density at radius 1 is 0.970 bits per heavy atom. The lowest BCUT2D eigenvalue weighted by molar-refractivity contribution is -0.118. The molecule has 1 heterocycles. The summed E-state index contributed by atoms with van der Waals surface area (Å²) in [5.41, 5.74) is 4.61. The van der Waals surface area contributed by atoms with Crippen LogP contribution in [0, 0.1) is 5.92 Å². The maximum atomic E-state index is 12.7. The molecule has 1 aromatic heterocycles. The second-order valence-corrected chi connectivity index (χ2v) is 8.47. The highest BCUT2D eigenvalue weighted by Crippen LogP contribution is 2.25. The van der Waals surface area contributed by atoms with Gasteiger partial charge in [-0.1, -0.05) is 63.2 Å². The summed E-state index contributed by atoms with van der Waals surface area (Å²) in [7, 11) is 1.59. The number of pyridine rings is 1. The summed E-state index contributed by atoms with van der Waals surface area (Å²) in [6.07, 6.45) is 3.14. The van der Waals surface area contributed by atoms with Crippen molar-refractivity contribution in [2.24, 2.45) is 5.92 Å². The molecule has 0 saturated heterocycles. The van der Waals surface area contributed by atoms with E-state index in [-0.39, 0.29) is 11.7 Å². The standard InChI is InChI=1S/C28H32N2O3/c1-5-27(32)30(19-20(2)3)25-15-12-22(13-16-25)21-8-10-23(11-9-21)26(31)17-14-24-7-6-18-29-28(24)33-4/h6-13,15-16,18,20H,5,14,17,19H2,1-4H3. The minimum atomic E-state index is 0.0882. The fourth-order valence-electron chi connectivity index (χ4n) is 3.78. The highest BCUT2D eigenvalue weighted by atomic mass is 16.5. The molecule has 0 radical (unpaired) electrons. The Labute approximate surface area is 196 Å². The van der Waals surface area contributed by atoms with E-state index in [1.54, 1.807) is 13.3 Å². The van der Waals surface area contributed by atoms with Gasteiger partial charge in [-0.15, -0.1) is 0 Å². The van der Waals surface area contributed by atoms with Crippen molar-refractivity contribution in [2.75, 3.05) is 18.6 Å². The van der Waals surface area contributed by atoms with Crippen molar-refractivity contribution < 1.29 is 14.3 Å². The number of rotatable bonds is 10. The van der Waals surface area contributed by atoms with Gasteiger partial charge in [0.2, 0.25) is 11.8 Å². The van der Waals surface area contributed by atoms with E-state index in [9.17, 15) is 9.59 Å². The van der Waals surface area contributed by atoms with Crippen LogP contribution in [-0.2, 0) is 11.2 Å². The maximum absolute atomic E-state index is 12.7. The Hall–Kier alpha value is -3.47. The van der Waals surface area contributed by atoms with Crippen molar-refractivity contribution in [2.45, 2.75) is 40.0 Å². The number of aryl methyl sites for hydroxylation is 1. The number of anilines is 1. The number of carbonyl (C=O) groups is 2. The van der Waals surface area contributed by atoms with E-state index in [1.807, 2.05) is 72.5 Å². The Balaban J connectivity index is 1.68.